The number of primary amides is 1. The van der Waals surface area contributed by atoms with Crippen LogP contribution in [0.25, 0.3) is 22.4 Å². The fourth-order valence-corrected chi connectivity index (χ4v) is 5.45. The van der Waals surface area contributed by atoms with Gasteiger partial charge in [-0.1, -0.05) is 54.1 Å². The van der Waals surface area contributed by atoms with Crippen molar-refractivity contribution in [1.82, 2.24) is 19.7 Å². The van der Waals surface area contributed by atoms with E-state index >= 15 is 0 Å². The van der Waals surface area contributed by atoms with E-state index in [2.05, 4.69) is 15.3 Å². The van der Waals surface area contributed by atoms with Crippen LogP contribution in [0.15, 0.2) is 66.7 Å². The summed E-state index contributed by atoms with van der Waals surface area (Å²) in [6.07, 6.45) is 0.743. The van der Waals surface area contributed by atoms with Gasteiger partial charge in [0.1, 0.15) is 28.6 Å². The van der Waals surface area contributed by atoms with Crippen LogP contribution < -0.4 is 16.8 Å². The molecule has 206 valence electrons. The molecule has 41 heavy (non-hydrogen) atoms. The Bertz CT molecular complexity index is 1850. The lowest BCUT2D eigenvalue weighted by Crippen LogP contribution is -2.33. The summed E-state index contributed by atoms with van der Waals surface area (Å²) in [7, 11) is 0. The number of amides is 2. The Morgan fingerprint density at radius 3 is 2.59 bits per heavy atom. The van der Waals surface area contributed by atoms with Crippen LogP contribution in [-0.2, 0) is 28.0 Å². The van der Waals surface area contributed by atoms with Gasteiger partial charge in [-0.25, -0.2) is 14.4 Å². The summed E-state index contributed by atoms with van der Waals surface area (Å²) >= 11 is 6.29. The summed E-state index contributed by atoms with van der Waals surface area (Å²) in [4.78, 5) is 33.8. The highest BCUT2D eigenvalue weighted by atomic mass is 35.5. The van der Waals surface area contributed by atoms with Gasteiger partial charge in [-0.05, 0) is 48.7 Å². The Morgan fingerprint density at radius 1 is 1.10 bits per heavy atom. The fourth-order valence-electron chi connectivity index (χ4n) is 5.28. The van der Waals surface area contributed by atoms with Crippen molar-refractivity contribution in [2.24, 2.45) is 5.73 Å². The molecule has 0 radical (unpaired) electrons. The van der Waals surface area contributed by atoms with Gasteiger partial charge in [-0.3, -0.25) is 14.3 Å². The van der Waals surface area contributed by atoms with Crippen molar-refractivity contribution in [3.8, 4) is 11.5 Å². The molecule has 3 heterocycles. The molecule has 3 aromatic carbocycles. The number of nitrogen functional groups attached to an aromatic ring is 1. The van der Waals surface area contributed by atoms with E-state index in [0.717, 1.165) is 5.56 Å². The molecule has 0 spiro atoms. The number of benzene rings is 3. The molecular weight excluding hydrogens is 545 g/mol. The number of aryl methyl sites for hydroxylation is 1. The van der Waals surface area contributed by atoms with E-state index in [1.165, 1.54) is 6.07 Å². The number of carbonyl (C=O) groups excluding carboxylic acids is 2. The van der Waals surface area contributed by atoms with Crippen LogP contribution in [0.5, 0.6) is 0 Å². The van der Waals surface area contributed by atoms with E-state index in [4.69, 9.17) is 28.2 Å². The molecule has 0 aliphatic carbocycles. The molecule has 0 bridgehead atoms. The Hall–Kier alpha value is -4.83. The number of fused-ring (bicyclic) bond motifs is 2. The van der Waals surface area contributed by atoms with Crippen LogP contribution in [0, 0.1) is 5.82 Å². The summed E-state index contributed by atoms with van der Waals surface area (Å²) in [6, 6.07) is 19.1. The maximum absolute atomic E-state index is 14.5. The zero-order chi connectivity index (χ0) is 28.9. The van der Waals surface area contributed by atoms with E-state index in [9.17, 15) is 14.0 Å². The van der Waals surface area contributed by atoms with Crippen molar-refractivity contribution in [1.29, 1.82) is 0 Å². The second-order valence-electron chi connectivity index (χ2n) is 10.2. The topological polar surface area (TPSA) is 142 Å². The lowest BCUT2D eigenvalue weighted by molar-refractivity contribution is -0.119. The number of nitrogens with zero attached hydrogens (tertiary/aromatic N) is 4. The van der Waals surface area contributed by atoms with Crippen molar-refractivity contribution in [2.45, 2.75) is 31.7 Å². The molecule has 6 rings (SSSR count). The van der Waals surface area contributed by atoms with Crippen molar-refractivity contribution in [3.63, 3.8) is 0 Å². The minimum absolute atomic E-state index is 0.134. The molecule has 9 nitrogen and oxygen atoms in total. The van der Waals surface area contributed by atoms with Gasteiger partial charge in [-0.2, -0.15) is 5.10 Å². The predicted molar refractivity (Wildman–Crippen MR) is 155 cm³/mol. The molecule has 2 aromatic heterocycles. The van der Waals surface area contributed by atoms with Crippen molar-refractivity contribution in [2.75, 3.05) is 11.1 Å². The van der Waals surface area contributed by atoms with Gasteiger partial charge >= 0.3 is 0 Å². The first-order valence-corrected chi connectivity index (χ1v) is 13.3. The van der Waals surface area contributed by atoms with Gasteiger partial charge in [-0.15, -0.1) is 0 Å². The van der Waals surface area contributed by atoms with Gasteiger partial charge in [0, 0.05) is 22.4 Å². The fraction of sp³-hybridized carbons (Fsp3) is 0.167. The normalized spacial score (nSPS) is 16.1. The first kappa shape index (κ1) is 26.4. The highest BCUT2D eigenvalue weighted by Gasteiger charge is 2.47. The molecule has 1 atom stereocenters. The summed E-state index contributed by atoms with van der Waals surface area (Å²) in [5, 5.41) is 8.78. The van der Waals surface area contributed by atoms with Crippen LogP contribution in [0.4, 0.5) is 16.0 Å². The lowest BCUT2D eigenvalue weighted by atomic mass is 9.77. The van der Waals surface area contributed by atoms with Gasteiger partial charge in [0.25, 0.3) is 0 Å². The zero-order valence-electron chi connectivity index (χ0n) is 22.0. The van der Waals surface area contributed by atoms with Crippen molar-refractivity contribution < 1.29 is 14.0 Å². The average molecular weight is 570 g/mol. The van der Waals surface area contributed by atoms with E-state index < -0.39 is 5.41 Å². The van der Waals surface area contributed by atoms with Crippen molar-refractivity contribution in [3.05, 3.63) is 99.8 Å². The summed E-state index contributed by atoms with van der Waals surface area (Å²) in [5.74, 6) is -0.373. The number of aromatic nitrogens is 4. The quantitative estimate of drug-likeness (QED) is 0.262. The second-order valence-corrected chi connectivity index (χ2v) is 10.6. The minimum Gasteiger partial charge on any atom is -0.383 e. The van der Waals surface area contributed by atoms with Crippen LogP contribution in [0.2, 0.25) is 5.02 Å². The Balaban J connectivity index is 1.41. The third-order valence-corrected chi connectivity index (χ3v) is 7.75. The lowest BCUT2D eigenvalue weighted by Gasteiger charge is -2.23. The van der Waals surface area contributed by atoms with Gasteiger partial charge in [0.05, 0.1) is 17.6 Å². The molecule has 0 saturated carbocycles. The van der Waals surface area contributed by atoms with Gasteiger partial charge in [0.15, 0.2) is 5.82 Å². The number of rotatable bonds is 7. The molecule has 1 unspecified atom stereocenters. The van der Waals surface area contributed by atoms with Crippen LogP contribution in [-0.4, -0.2) is 31.6 Å². The molecule has 1 aliphatic heterocycles. The first-order chi connectivity index (χ1) is 19.6. The zero-order valence-corrected chi connectivity index (χ0v) is 22.7. The largest absolute Gasteiger partial charge is 0.383 e. The number of hydrogen-bond donors (Lipinski definition) is 3. The summed E-state index contributed by atoms with van der Waals surface area (Å²) in [6.45, 7) is 1.93. The van der Waals surface area contributed by atoms with E-state index in [1.807, 2.05) is 24.3 Å². The smallest absolute Gasteiger partial charge is 0.240 e. The summed E-state index contributed by atoms with van der Waals surface area (Å²) < 4.78 is 16.1. The maximum Gasteiger partial charge on any atom is 0.240 e. The molecule has 5 N–H and O–H groups in total. The molecule has 0 saturated heterocycles. The minimum atomic E-state index is -1.14. The number of nitrogens with one attached hydrogen (secondary N) is 1. The predicted octanol–water partition coefficient (Wildman–Crippen LogP) is 4.59. The number of hydrogen-bond acceptors (Lipinski definition) is 6. The number of anilines is 2. The van der Waals surface area contributed by atoms with Crippen LogP contribution >= 0.6 is 11.6 Å². The summed E-state index contributed by atoms with van der Waals surface area (Å²) in [5.41, 5.74) is 14.3. The van der Waals surface area contributed by atoms with E-state index in [0.29, 0.717) is 50.5 Å². The molecule has 11 heteroatoms. The standard InChI is InChI=1S/C30H25ClFN7O2/c1-30(18-9-6-16(7-10-18)8-13-23(33)40)24-26(34)35-28(36-27(24)37-29(30)41)25-20-12-11-19(31)14-22(20)39(38-25)15-17-4-2-3-5-21(17)32/h2-7,9-12,14H,8,13,15H2,1H3,(H2,33,40)(H3,34,35,36,37,41). The van der Waals surface area contributed by atoms with Gasteiger partial charge < -0.3 is 16.8 Å². The Labute approximate surface area is 239 Å². The van der Waals surface area contributed by atoms with Crippen LogP contribution in [0.3, 0.4) is 0 Å². The van der Waals surface area contributed by atoms with Crippen LogP contribution in [0.1, 0.15) is 35.6 Å². The van der Waals surface area contributed by atoms with E-state index in [-0.39, 0.29) is 42.2 Å². The second kappa shape index (κ2) is 9.97. The molecule has 0 fully saturated rings. The SMILES string of the molecule is CC1(c2ccc(CCC(N)=O)cc2)C(=O)Nc2nc(-c3nn(Cc4ccccc4F)c4cc(Cl)ccc34)nc(N)c21. The Morgan fingerprint density at radius 2 is 1.85 bits per heavy atom. The third kappa shape index (κ3) is 4.55. The van der Waals surface area contributed by atoms with Gasteiger partial charge in [0.2, 0.25) is 11.8 Å². The van der Waals surface area contributed by atoms with E-state index in [1.54, 1.807) is 48.0 Å². The molecule has 2 amide bonds. The maximum atomic E-state index is 14.5. The monoisotopic (exact) mass is 569 g/mol. The number of carbonyl (C=O) groups is 2. The Kier molecular flexibility index (Phi) is 6.42. The molecule has 1 aliphatic rings. The number of halogens is 2. The number of nitrogens with two attached hydrogens (primary N) is 2. The average Bonchev–Trinajstić information content (AvgIpc) is 3.43. The molecule has 5 aromatic rings. The molecular formula is C30H25ClFN7O2. The highest BCUT2D eigenvalue weighted by Crippen LogP contribution is 2.45. The highest BCUT2D eigenvalue weighted by molar-refractivity contribution is 6.31. The first-order valence-electron chi connectivity index (χ1n) is 12.9. The third-order valence-electron chi connectivity index (χ3n) is 7.52. The van der Waals surface area contributed by atoms with Crippen molar-refractivity contribution >= 4 is 46.0 Å².